The lowest BCUT2D eigenvalue weighted by molar-refractivity contribution is -0.130. The van der Waals surface area contributed by atoms with Crippen LogP contribution in [0.2, 0.25) is 0 Å². The van der Waals surface area contributed by atoms with Crippen molar-refractivity contribution in [3.63, 3.8) is 0 Å². The molecule has 1 fully saturated rings. The van der Waals surface area contributed by atoms with Gasteiger partial charge in [0.15, 0.2) is 0 Å². The summed E-state index contributed by atoms with van der Waals surface area (Å²) in [6.07, 6.45) is 1.05. The first-order valence-electron chi connectivity index (χ1n) is 6.82. The number of nitrogens with two attached hydrogens (primary N) is 1. The number of likely N-dealkylation sites (tertiary alicyclic amines) is 1. The largest absolute Gasteiger partial charge is 0.399 e. The van der Waals surface area contributed by atoms with Gasteiger partial charge in [0.1, 0.15) is 12.2 Å². The minimum atomic E-state index is -0.0363. The molecule has 0 radical (unpaired) electrons. The molecule has 1 saturated heterocycles. The van der Waals surface area contributed by atoms with Crippen LogP contribution in [0.5, 0.6) is 0 Å². The third-order valence-electron chi connectivity index (χ3n) is 3.84. The monoisotopic (exact) mass is 278 g/mol. The van der Waals surface area contributed by atoms with Crippen molar-refractivity contribution >= 4 is 11.6 Å². The van der Waals surface area contributed by atoms with Crippen LogP contribution < -0.4 is 5.73 Å². The lowest BCUT2D eigenvalue weighted by atomic mass is 10.1. The number of amides is 1. The van der Waals surface area contributed by atoms with Gasteiger partial charge in [0, 0.05) is 39.4 Å². The van der Waals surface area contributed by atoms with Gasteiger partial charge in [-0.15, -0.1) is 0 Å². The van der Waals surface area contributed by atoms with Gasteiger partial charge in [-0.25, -0.2) is 0 Å². The van der Waals surface area contributed by atoms with Crippen LogP contribution in [0.3, 0.4) is 0 Å². The Bertz CT molecular complexity index is 452. The molecule has 1 aliphatic rings. The number of rotatable bonds is 5. The highest BCUT2D eigenvalue weighted by molar-refractivity contribution is 5.77. The molecule has 2 atom stereocenters. The van der Waals surface area contributed by atoms with Gasteiger partial charge in [-0.1, -0.05) is 18.2 Å². The SMILES string of the molecule is COC1CN(C(=O)CCc2ccccc2N)CC1OC. The number of para-hydroxylation sites is 1. The lowest BCUT2D eigenvalue weighted by Crippen LogP contribution is -2.30. The van der Waals surface area contributed by atoms with Crippen LogP contribution in [0.1, 0.15) is 12.0 Å². The van der Waals surface area contributed by atoms with Crippen molar-refractivity contribution in [3.8, 4) is 0 Å². The molecule has 5 nitrogen and oxygen atoms in total. The third-order valence-corrected chi connectivity index (χ3v) is 3.84. The fraction of sp³-hybridized carbons (Fsp3) is 0.533. The highest BCUT2D eigenvalue weighted by Gasteiger charge is 2.35. The van der Waals surface area contributed by atoms with E-state index in [1.807, 2.05) is 29.2 Å². The van der Waals surface area contributed by atoms with Crippen LogP contribution in [-0.4, -0.2) is 50.3 Å². The van der Waals surface area contributed by atoms with Crippen molar-refractivity contribution in [2.45, 2.75) is 25.0 Å². The number of benzene rings is 1. The van der Waals surface area contributed by atoms with E-state index in [2.05, 4.69) is 0 Å². The van der Waals surface area contributed by atoms with Crippen LogP contribution in [0.25, 0.3) is 0 Å². The van der Waals surface area contributed by atoms with E-state index < -0.39 is 0 Å². The number of methoxy groups -OCH3 is 2. The summed E-state index contributed by atoms with van der Waals surface area (Å²) < 4.78 is 10.7. The number of hydrogen-bond acceptors (Lipinski definition) is 4. The van der Waals surface area contributed by atoms with Crippen molar-refractivity contribution in [2.75, 3.05) is 33.0 Å². The number of carbonyl (C=O) groups excluding carboxylic acids is 1. The van der Waals surface area contributed by atoms with Gasteiger partial charge < -0.3 is 20.1 Å². The van der Waals surface area contributed by atoms with Crippen LogP contribution in [0.4, 0.5) is 5.69 Å². The summed E-state index contributed by atoms with van der Waals surface area (Å²) in [6.45, 7) is 1.19. The Kier molecular flexibility index (Phi) is 4.98. The first-order valence-corrected chi connectivity index (χ1v) is 6.82. The molecule has 0 aliphatic carbocycles. The molecule has 1 amide bonds. The molecule has 0 spiro atoms. The summed E-state index contributed by atoms with van der Waals surface area (Å²) >= 11 is 0. The number of anilines is 1. The topological polar surface area (TPSA) is 64.8 Å². The molecule has 1 aliphatic heterocycles. The van der Waals surface area contributed by atoms with E-state index in [9.17, 15) is 4.79 Å². The fourth-order valence-electron chi connectivity index (χ4n) is 2.56. The Morgan fingerprint density at radius 2 is 1.85 bits per heavy atom. The Morgan fingerprint density at radius 1 is 1.25 bits per heavy atom. The first-order chi connectivity index (χ1) is 9.65. The van der Waals surface area contributed by atoms with Crippen molar-refractivity contribution in [1.29, 1.82) is 0 Å². The van der Waals surface area contributed by atoms with E-state index in [1.54, 1.807) is 14.2 Å². The number of hydrogen-bond donors (Lipinski definition) is 1. The van der Waals surface area contributed by atoms with E-state index in [4.69, 9.17) is 15.2 Å². The molecular weight excluding hydrogens is 256 g/mol. The van der Waals surface area contributed by atoms with Gasteiger partial charge in [-0.2, -0.15) is 0 Å². The van der Waals surface area contributed by atoms with Gasteiger partial charge >= 0.3 is 0 Å². The van der Waals surface area contributed by atoms with Gasteiger partial charge in [0.25, 0.3) is 0 Å². The summed E-state index contributed by atoms with van der Waals surface area (Å²) in [5, 5.41) is 0. The molecule has 1 aromatic rings. The van der Waals surface area contributed by atoms with E-state index in [1.165, 1.54) is 0 Å². The number of carbonyl (C=O) groups is 1. The molecule has 0 bridgehead atoms. The number of nitrogens with zero attached hydrogens (tertiary/aromatic N) is 1. The highest BCUT2D eigenvalue weighted by atomic mass is 16.5. The van der Waals surface area contributed by atoms with Gasteiger partial charge in [0.2, 0.25) is 5.91 Å². The van der Waals surface area contributed by atoms with Crippen molar-refractivity contribution in [3.05, 3.63) is 29.8 Å². The quantitative estimate of drug-likeness (QED) is 0.818. The third kappa shape index (κ3) is 3.29. The molecule has 1 heterocycles. The summed E-state index contributed by atoms with van der Waals surface area (Å²) in [4.78, 5) is 14.0. The Hall–Kier alpha value is -1.59. The van der Waals surface area contributed by atoms with Gasteiger partial charge in [0.05, 0.1) is 0 Å². The molecule has 110 valence electrons. The molecule has 0 aromatic heterocycles. The molecule has 5 heteroatoms. The van der Waals surface area contributed by atoms with E-state index in [-0.39, 0.29) is 18.1 Å². The summed E-state index contributed by atoms with van der Waals surface area (Å²) in [7, 11) is 3.30. The second-order valence-corrected chi connectivity index (χ2v) is 5.05. The predicted octanol–water partition coefficient (Wildman–Crippen LogP) is 1.07. The predicted molar refractivity (Wildman–Crippen MR) is 77.3 cm³/mol. The van der Waals surface area contributed by atoms with E-state index in [0.717, 1.165) is 11.3 Å². The zero-order valence-electron chi connectivity index (χ0n) is 12.0. The van der Waals surface area contributed by atoms with Crippen LogP contribution in [0, 0.1) is 0 Å². The minimum Gasteiger partial charge on any atom is -0.399 e. The highest BCUT2D eigenvalue weighted by Crippen LogP contribution is 2.18. The lowest BCUT2D eigenvalue weighted by Gasteiger charge is -2.16. The van der Waals surface area contributed by atoms with Gasteiger partial charge in [-0.05, 0) is 18.1 Å². The zero-order chi connectivity index (χ0) is 14.5. The molecule has 2 unspecified atom stereocenters. The standard InChI is InChI=1S/C15H22N2O3/c1-19-13-9-17(10-14(13)20-2)15(18)8-7-11-5-3-4-6-12(11)16/h3-6,13-14H,7-10,16H2,1-2H3. The number of nitrogen functional groups attached to an aromatic ring is 1. The molecule has 0 saturated carbocycles. The second-order valence-electron chi connectivity index (χ2n) is 5.05. The Morgan fingerprint density at radius 3 is 2.40 bits per heavy atom. The maximum Gasteiger partial charge on any atom is 0.223 e. The summed E-state index contributed by atoms with van der Waals surface area (Å²) in [6, 6.07) is 7.65. The van der Waals surface area contributed by atoms with Crippen molar-refractivity contribution in [1.82, 2.24) is 4.90 Å². The van der Waals surface area contributed by atoms with Gasteiger partial charge in [-0.3, -0.25) is 4.79 Å². The first kappa shape index (κ1) is 14.8. The molecular formula is C15H22N2O3. The van der Waals surface area contributed by atoms with Crippen molar-refractivity contribution in [2.24, 2.45) is 0 Å². The average molecular weight is 278 g/mol. The Labute approximate surface area is 119 Å². The maximum absolute atomic E-state index is 12.2. The molecule has 1 aromatic carbocycles. The maximum atomic E-state index is 12.2. The fourth-order valence-corrected chi connectivity index (χ4v) is 2.56. The minimum absolute atomic E-state index is 0.0363. The van der Waals surface area contributed by atoms with E-state index >= 15 is 0 Å². The second kappa shape index (κ2) is 6.72. The number of ether oxygens (including phenoxy) is 2. The van der Waals surface area contributed by atoms with Crippen molar-refractivity contribution < 1.29 is 14.3 Å². The zero-order valence-corrected chi connectivity index (χ0v) is 12.0. The molecule has 20 heavy (non-hydrogen) atoms. The van der Waals surface area contributed by atoms with Crippen LogP contribution >= 0.6 is 0 Å². The normalized spacial score (nSPS) is 22.2. The van der Waals surface area contributed by atoms with Crippen LogP contribution in [0.15, 0.2) is 24.3 Å². The summed E-state index contributed by atoms with van der Waals surface area (Å²) in [5.74, 6) is 0.120. The smallest absolute Gasteiger partial charge is 0.223 e. The summed E-state index contributed by atoms with van der Waals surface area (Å²) in [5.41, 5.74) is 7.64. The number of aryl methyl sites for hydroxylation is 1. The molecule has 2 rings (SSSR count). The van der Waals surface area contributed by atoms with Crippen LogP contribution in [-0.2, 0) is 20.7 Å². The average Bonchev–Trinajstić information content (AvgIpc) is 2.89. The Balaban J connectivity index is 1.88. The van der Waals surface area contributed by atoms with E-state index in [0.29, 0.717) is 25.9 Å². The molecule has 2 N–H and O–H groups in total.